The van der Waals surface area contributed by atoms with Crippen molar-refractivity contribution in [2.75, 3.05) is 47.8 Å². The fourth-order valence-corrected chi connectivity index (χ4v) is 7.82. The molecular weight excluding hydrogens is 649 g/mol. The molecule has 3 aromatic heterocycles. The first-order valence-electron chi connectivity index (χ1n) is 17.7. The zero-order chi connectivity index (χ0) is 36.2. The van der Waals surface area contributed by atoms with Gasteiger partial charge in [0.25, 0.3) is 11.5 Å². The van der Waals surface area contributed by atoms with Gasteiger partial charge >= 0.3 is 5.97 Å². The average Bonchev–Trinajstić information content (AvgIpc) is 3.58. The second-order valence-corrected chi connectivity index (χ2v) is 15.1. The van der Waals surface area contributed by atoms with Crippen LogP contribution in [0.5, 0.6) is 0 Å². The molecule has 1 N–H and O–H groups in total. The Morgan fingerprint density at radius 1 is 1.02 bits per heavy atom. The van der Waals surface area contributed by atoms with Gasteiger partial charge in [-0.1, -0.05) is 13.8 Å². The molecule has 1 aromatic carbocycles. The summed E-state index contributed by atoms with van der Waals surface area (Å²) in [5, 5.41) is 3.16. The van der Waals surface area contributed by atoms with Crippen LogP contribution in [0.15, 0.2) is 53.6 Å². The molecule has 5 heterocycles. The molecule has 11 nitrogen and oxygen atoms in total. The summed E-state index contributed by atoms with van der Waals surface area (Å²) in [7, 11) is 1.62. The highest BCUT2D eigenvalue weighted by Crippen LogP contribution is 2.41. The molecule has 2 aliphatic heterocycles. The molecule has 12 heteroatoms. The number of hydrogen-bond acceptors (Lipinski definition) is 8. The van der Waals surface area contributed by atoms with E-state index < -0.39 is 11.8 Å². The largest absolute Gasteiger partial charge is 0.461 e. The molecule has 0 spiro atoms. The lowest BCUT2D eigenvalue weighted by Gasteiger charge is -2.38. The number of carbonyl (C=O) groups is 2. The number of benzene rings is 1. The van der Waals surface area contributed by atoms with Crippen LogP contribution in [-0.2, 0) is 42.6 Å². The van der Waals surface area contributed by atoms with Crippen molar-refractivity contribution in [3.05, 3.63) is 87.5 Å². The van der Waals surface area contributed by atoms with Crippen LogP contribution in [0.2, 0.25) is 0 Å². The number of ether oxygens (including phenoxy) is 1. The Kier molecular flexibility index (Phi) is 8.99. The molecule has 3 aliphatic rings. The zero-order valence-corrected chi connectivity index (χ0v) is 30.3. The first-order valence-corrected chi connectivity index (χ1v) is 17.7. The van der Waals surface area contributed by atoms with Crippen molar-refractivity contribution in [1.29, 1.82) is 0 Å². The molecule has 1 saturated heterocycles. The summed E-state index contributed by atoms with van der Waals surface area (Å²) >= 11 is 0. The van der Waals surface area contributed by atoms with Crippen molar-refractivity contribution in [3.63, 3.8) is 0 Å². The van der Waals surface area contributed by atoms with E-state index in [1.807, 2.05) is 18.2 Å². The van der Waals surface area contributed by atoms with Crippen LogP contribution in [0, 0.1) is 11.2 Å². The van der Waals surface area contributed by atoms with Gasteiger partial charge in [0, 0.05) is 82.3 Å². The fraction of sp³-hybridized carbons (Fsp3) is 0.436. The monoisotopic (exact) mass is 695 g/mol. The van der Waals surface area contributed by atoms with Crippen LogP contribution >= 0.6 is 0 Å². The molecule has 1 aliphatic carbocycles. The predicted octanol–water partition coefficient (Wildman–Crippen LogP) is 5.51. The van der Waals surface area contributed by atoms with Gasteiger partial charge in [-0.05, 0) is 79.6 Å². The fourth-order valence-electron chi connectivity index (χ4n) is 7.82. The molecule has 4 aromatic rings. The molecule has 1 fully saturated rings. The minimum atomic E-state index is -0.556. The van der Waals surface area contributed by atoms with Crippen molar-refractivity contribution >= 4 is 34.8 Å². The summed E-state index contributed by atoms with van der Waals surface area (Å²) in [6, 6.07) is 10.7. The highest BCUT2D eigenvalue weighted by atomic mass is 19.1. The summed E-state index contributed by atoms with van der Waals surface area (Å²) in [5.41, 5.74) is 5.79. The number of amides is 1. The SMILES string of the molecule is CC(=O)OCc1c(-c2cc(Nc3ccc(N4CCN(C(C)C)CC4)cn3)c(=O)n(C)c2)cc(F)cc1N1CCn2c(cc3c2CC(C)(C)C3)C1=O. The van der Waals surface area contributed by atoms with Crippen LogP contribution < -0.4 is 20.7 Å². The van der Waals surface area contributed by atoms with E-state index in [0.29, 0.717) is 53.0 Å². The molecule has 268 valence electrons. The van der Waals surface area contributed by atoms with Gasteiger partial charge in [-0.15, -0.1) is 0 Å². The number of piperazine rings is 1. The second-order valence-electron chi connectivity index (χ2n) is 15.1. The summed E-state index contributed by atoms with van der Waals surface area (Å²) in [4.78, 5) is 50.4. The number of halogens is 1. The van der Waals surface area contributed by atoms with Gasteiger partial charge in [0.2, 0.25) is 0 Å². The third kappa shape index (κ3) is 6.76. The third-order valence-corrected chi connectivity index (χ3v) is 10.4. The molecule has 51 heavy (non-hydrogen) atoms. The summed E-state index contributed by atoms with van der Waals surface area (Å²) < 4.78 is 24.6. The van der Waals surface area contributed by atoms with Gasteiger partial charge in [0.15, 0.2) is 0 Å². The van der Waals surface area contributed by atoms with Crippen molar-refractivity contribution < 1.29 is 18.7 Å². The molecule has 0 unspecified atom stereocenters. The number of anilines is 4. The average molecular weight is 696 g/mol. The van der Waals surface area contributed by atoms with Crippen LogP contribution in [0.3, 0.4) is 0 Å². The number of pyridine rings is 2. The van der Waals surface area contributed by atoms with Crippen LogP contribution in [0.25, 0.3) is 11.1 Å². The van der Waals surface area contributed by atoms with E-state index >= 15 is 4.39 Å². The third-order valence-electron chi connectivity index (χ3n) is 10.4. The maximum absolute atomic E-state index is 15.6. The number of aromatic nitrogens is 3. The molecule has 1 amide bonds. The van der Waals surface area contributed by atoms with E-state index in [4.69, 9.17) is 4.74 Å². The number of rotatable bonds is 8. The quantitative estimate of drug-likeness (QED) is 0.241. The van der Waals surface area contributed by atoms with E-state index in [1.165, 1.54) is 34.9 Å². The van der Waals surface area contributed by atoms with Gasteiger partial charge < -0.3 is 29.0 Å². The Bertz CT molecular complexity index is 2060. The summed E-state index contributed by atoms with van der Waals surface area (Å²) in [6.45, 7) is 14.7. The number of aryl methyl sites for hydroxylation is 1. The van der Waals surface area contributed by atoms with Gasteiger partial charge in [-0.3, -0.25) is 19.3 Å². The molecule has 0 saturated carbocycles. The summed E-state index contributed by atoms with van der Waals surface area (Å²) in [5.74, 6) is -0.799. The number of carbonyl (C=O) groups excluding carboxylic acids is 2. The second kappa shape index (κ2) is 13.3. The lowest BCUT2D eigenvalue weighted by Crippen LogP contribution is -2.48. The molecule has 7 rings (SSSR count). The van der Waals surface area contributed by atoms with E-state index in [9.17, 15) is 14.4 Å². The van der Waals surface area contributed by atoms with Gasteiger partial charge in [0.1, 0.15) is 29.6 Å². The highest BCUT2D eigenvalue weighted by Gasteiger charge is 2.37. The maximum Gasteiger partial charge on any atom is 0.302 e. The minimum absolute atomic E-state index is 0.147. The van der Waals surface area contributed by atoms with Crippen LogP contribution in [-0.4, -0.2) is 69.7 Å². The van der Waals surface area contributed by atoms with Crippen LogP contribution in [0.4, 0.5) is 27.3 Å². The topological polar surface area (TPSA) is 105 Å². The number of fused-ring (bicyclic) bond motifs is 3. The van der Waals surface area contributed by atoms with Gasteiger partial charge in [0.05, 0.1) is 17.6 Å². The first kappa shape index (κ1) is 34.5. The standard InChI is InChI=1S/C39H46FN7O4/c1-24(2)44-9-11-45(12-10-44)29-7-8-36(41-21-29)42-32-15-27(22-43(6)37(32)49)30-17-28(40)18-33(31(30)23-51-25(3)48)47-14-13-46-34(38(47)50)16-26-19-39(4,5)20-35(26)46/h7-8,15-18,21-22,24H,9-14,19-20,23H2,1-6H3,(H,41,42). The normalized spacial score (nSPS) is 17.1. The van der Waals surface area contributed by atoms with Crippen molar-refractivity contribution in [2.24, 2.45) is 12.5 Å². The van der Waals surface area contributed by atoms with Crippen molar-refractivity contribution in [1.82, 2.24) is 19.0 Å². The smallest absolute Gasteiger partial charge is 0.302 e. The highest BCUT2D eigenvalue weighted by molar-refractivity contribution is 6.07. The number of esters is 1. The maximum atomic E-state index is 15.6. The molecule has 0 radical (unpaired) electrons. The van der Waals surface area contributed by atoms with E-state index in [-0.39, 0.29) is 29.2 Å². The van der Waals surface area contributed by atoms with E-state index in [1.54, 1.807) is 30.4 Å². The van der Waals surface area contributed by atoms with E-state index in [0.717, 1.165) is 44.7 Å². The molecule has 0 bridgehead atoms. The Morgan fingerprint density at radius 2 is 1.78 bits per heavy atom. The number of nitrogens with one attached hydrogen (secondary N) is 1. The summed E-state index contributed by atoms with van der Waals surface area (Å²) in [6.07, 6.45) is 5.22. The Labute approximate surface area is 297 Å². The number of hydrogen-bond donors (Lipinski definition) is 1. The minimum Gasteiger partial charge on any atom is -0.461 e. The van der Waals surface area contributed by atoms with Gasteiger partial charge in [-0.2, -0.15) is 0 Å². The Balaban J connectivity index is 1.20. The van der Waals surface area contributed by atoms with E-state index in [2.05, 4.69) is 52.4 Å². The molecule has 0 atom stereocenters. The Morgan fingerprint density at radius 3 is 2.47 bits per heavy atom. The Hall–Kier alpha value is -4.97. The van der Waals surface area contributed by atoms with Crippen molar-refractivity contribution in [2.45, 2.75) is 66.7 Å². The first-order chi connectivity index (χ1) is 24.3. The lowest BCUT2D eigenvalue weighted by atomic mass is 9.90. The number of nitrogens with zero attached hydrogens (tertiary/aromatic N) is 6. The zero-order valence-electron chi connectivity index (χ0n) is 30.3. The van der Waals surface area contributed by atoms with Crippen LogP contribution in [0.1, 0.15) is 61.9 Å². The van der Waals surface area contributed by atoms with Gasteiger partial charge in [-0.25, -0.2) is 9.37 Å². The molecular formula is C39H46FN7O4. The van der Waals surface area contributed by atoms with Crippen molar-refractivity contribution in [3.8, 4) is 11.1 Å². The predicted molar refractivity (Wildman–Crippen MR) is 196 cm³/mol. The lowest BCUT2D eigenvalue weighted by molar-refractivity contribution is -0.142.